The number of azo groups is 4. The number of hydrogen-bond acceptors (Lipinski definition) is 22. The Morgan fingerprint density at radius 1 is 0.516 bits per heavy atom. The number of nitrogens with zero attached hydrogens (tertiary/aromatic N) is 11. The molecule has 1 aromatic heterocycles. The average Bonchev–Trinajstić information content (AvgIpc) is 1.68. The Balaban J connectivity index is 0.726. The van der Waals surface area contributed by atoms with Crippen molar-refractivity contribution in [2.45, 2.75) is 30.1 Å². The monoisotopic (exact) mass is 1310 g/mol. The number of carbonyl (C=O) groups excluding carboxylic acids is 1. The first-order chi connectivity index (χ1) is 44.4. The van der Waals surface area contributed by atoms with Crippen LogP contribution in [0.5, 0.6) is 28.7 Å². The molecule has 1 heterocycles. The molecule has 0 spiro atoms. The molecule has 1 amide bonds. The summed E-state index contributed by atoms with van der Waals surface area (Å²) in [6.07, 6.45) is 0.0987. The van der Waals surface area contributed by atoms with Gasteiger partial charge in [-0.25, -0.2) is 0 Å². The maximum absolute atomic E-state index is 13.4. The minimum absolute atomic E-state index is 0.0112. The van der Waals surface area contributed by atoms with E-state index in [0.29, 0.717) is 84.8 Å². The summed E-state index contributed by atoms with van der Waals surface area (Å²) in [5.74, 6) is 0.320. The number of amides is 1. The van der Waals surface area contributed by atoms with Gasteiger partial charge in [0.05, 0.1) is 67.0 Å². The summed E-state index contributed by atoms with van der Waals surface area (Å²) in [7, 11) is -9.58. The van der Waals surface area contributed by atoms with Crippen LogP contribution in [0.25, 0.3) is 49.0 Å². The molecule has 0 unspecified atom stereocenters. The number of anilines is 1. The zero-order chi connectivity index (χ0) is 65.9. The summed E-state index contributed by atoms with van der Waals surface area (Å²) >= 11 is 0. The van der Waals surface area contributed by atoms with E-state index in [1.807, 2.05) is 32.0 Å². The van der Waals surface area contributed by atoms with Gasteiger partial charge in [0.1, 0.15) is 61.7 Å². The number of hydrogen-bond donors (Lipinski definition) is 5. The average molecular weight is 1310 g/mol. The highest BCUT2D eigenvalue weighted by atomic mass is 32.2. The van der Waals surface area contributed by atoms with Crippen molar-refractivity contribution < 1.29 is 67.8 Å². The van der Waals surface area contributed by atoms with Crippen LogP contribution in [-0.2, 0) is 30.4 Å². The second kappa shape index (κ2) is 26.1. The van der Waals surface area contributed by atoms with E-state index >= 15 is 0 Å². The summed E-state index contributed by atoms with van der Waals surface area (Å²) < 4.78 is 122. The number of carbonyl (C=O) groups is 1. The lowest BCUT2D eigenvalue weighted by Gasteiger charge is -2.12. The van der Waals surface area contributed by atoms with Crippen molar-refractivity contribution in [1.29, 1.82) is 0 Å². The molecule has 0 radical (unpaired) electrons. The number of benzene rings is 10. The molecule has 10 aromatic carbocycles. The molecule has 0 aliphatic rings. The highest BCUT2D eigenvalue weighted by Crippen LogP contribution is 2.44. The molecule has 93 heavy (non-hydrogen) atoms. The molecule has 0 atom stereocenters. The van der Waals surface area contributed by atoms with Crippen LogP contribution in [0.1, 0.15) is 27.9 Å². The van der Waals surface area contributed by atoms with Crippen molar-refractivity contribution in [3.05, 3.63) is 174 Å². The van der Waals surface area contributed by atoms with Gasteiger partial charge >= 0.3 is 0 Å². The molecule has 5 N–H and O–H groups in total. The smallest absolute Gasteiger partial charge is 0.295 e. The Hall–Kier alpha value is -11.0. The van der Waals surface area contributed by atoms with Gasteiger partial charge in [0.15, 0.2) is 5.75 Å². The van der Waals surface area contributed by atoms with E-state index in [-0.39, 0.29) is 63.5 Å². The van der Waals surface area contributed by atoms with Gasteiger partial charge in [-0.05, 0) is 157 Å². The number of rotatable bonds is 21. The van der Waals surface area contributed by atoms with Gasteiger partial charge in [0.2, 0.25) is 0 Å². The number of phenols is 1. The fourth-order valence-electron chi connectivity index (χ4n) is 9.79. The summed E-state index contributed by atoms with van der Waals surface area (Å²) in [6.45, 7) is 3.78. The van der Waals surface area contributed by atoms with Crippen LogP contribution in [-0.4, -0.2) is 98.6 Å². The predicted molar refractivity (Wildman–Crippen MR) is 345 cm³/mol. The van der Waals surface area contributed by atoms with E-state index in [1.165, 1.54) is 44.3 Å². The highest BCUT2D eigenvalue weighted by Gasteiger charge is 2.24. The van der Waals surface area contributed by atoms with E-state index < -0.39 is 51.8 Å². The van der Waals surface area contributed by atoms with Crippen molar-refractivity contribution in [2.24, 2.45) is 40.9 Å². The molecule has 472 valence electrons. The van der Waals surface area contributed by atoms with Crippen LogP contribution >= 0.6 is 0 Å². The molecule has 0 saturated carbocycles. The molecule has 0 bridgehead atoms. The zero-order valence-electron chi connectivity index (χ0n) is 49.6. The van der Waals surface area contributed by atoms with E-state index in [9.17, 15) is 44.3 Å². The molecule has 30 heteroatoms. The quantitative estimate of drug-likeness (QED) is 0.0253. The second-order valence-electron chi connectivity index (χ2n) is 20.7. The number of aryl methyl sites for hydroxylation is 2. The van der Waals surface area contributed by atoms with E-state index in [1.54, 1.807) is 109 Å². The molecule has 27 nitrogen and oxygen atoms in total. The van der Waals surface area contributed by atoms with Gasteiger partial charge in [-0.1, -0.05) is 30.3 Å². The zero-order valence-corrected chi connectivity index (χ0v) is 52.0. The third-order valence-corrected chi connectivity index (χ3v) is 17.0. The third kappa shape index (κ3) is 14.3. The number of fused-ring (bicyclic) bond motifs is 5. The number of ether oxygens (including phenoxy) is 4. The molecule has 0 aliphatic carbocycles. The summed E-state index contributed by atoms with van der Waals surface area (Å²) in [6, 6.07) is 41.8. The Kier molecular flexibility index (Phi) is 17.8. The maximum Gasteiger partial charge on any atom is 0.295 e. The van der Waals surface area contributed by atoms with Crippen LogP contribution in [0.15, 0.2) is 208 Å². The topological polar surface area (TPSA) is 379 Å². The van der Waals surface area contributed by atoms with Gasteiger partial charge in [-0.2, -0.15) is 50.5 Å². The van der Waals surface area contributed by atoms with Crippen molar-refractivity contribution in [3.8, 4) is 34.4 Å². The second-order valence-corrected chi connectivity index (χ2v) is 25.1. The minimum atomic E-state index is -4.93. The lowest BCUT2D eigenvalue weighted by atomic mass is 10.1. The van der Waals surface area contributed by atoms with Gasteiger partial charge in [-0.15, -0.1) is 30.7 Å². The van der Waals surface area contributed by atoms with Gasteiger partial charge in [-0.3, -0.25) is 18.5 Å². The first-order valence-corrected chi connectivity index (χ1v) is 32.2. The molecular weight excluding hydrogens is 1260 g/mol. The molecule has 0 saturated heterocycles. The normalized spacial score (nSPS) is 12.4. The van der Waals surface area contributed by atoms with Crippen LogP contribution in [0, 0.1) is 13.8 Å². The standard InChI is InChI=1S/C63H52N12O15S3/c1-35-26-42(14-21-49(35)67-65-41-15-22-50(36(2)27-41)68-69-51-19-12-39(29-57(51)87-3)63(77)64-40-13-10-37-8-6-9-56(47(37)30-40)90-24-7-25-91(78,79)80)66-71-54-33-59(89-5)55(34-58(54)88-4)72-70-53-20-11-38-28-43(16-17-45(38)62(53)76)75-73-52-23-18-46-48(61(52)74-75)31-44(92(81,82)83)32-60(46)93(84,85)86/h6,8-23,26-34,76H,7,24-25H2,1-5H3,(H,64,77)(H,78,79,80)(H,81,82,83)(H,84,85,86). The summed E-state index contributed by atoms with van der Waals surface area (Å²) in [5.41, 5.74) is 6.30. The van der Waals surface area contributed by atoms with Crippen LogP contribution in [0.2, 0.25) is 0 Å². The van der Waals surface area contributed by atoms with Crippen LogP contribution in [0.4, 0.5) is 51.2 Å². The Bertz CT molecular complexity index is 5340. The lowest BCUT2D eigenvalue weighted by molar-refractivity contribution is 0.102. The number of nitrogens with one attached hydrogen (secondary N) is 1. The Morgan fingerprint density at radius 3 is 1.75 bits per heavy atom. The van der Waals surface area contributed by atoms with Crippen molar-refractivity contribution in [2.75, 3.05) is 39.0 Å². The first kappa shape index (κ1) is 63.5. The molecule has 0 aliphatic heterocycles. The van der Waals surface area contributed by atoms with Gasteiger partial charge < -0.3 is 29.4 Å². The Morgan fingerprint density at radius 2 is 1.11 bits per heavy atom. The van der Waals surface area contributed by atoms with Crippen molar-refractivity contribution >= 4 is 131 Å². The maximum atomic E-state index is 13.4. The molecular formula is C63H52N12O15S3. The number of aromatic nitrogens is 3. The summed E-state index contributed by atoms with van der Waals surface area (Å²) in [4.78, 5) is 13.1. The van der Waals surface area contributed by atoms with Gasteiger partial charge in [0, 0.05) is 44.9 Å². The summed E-state index contributed by atoms with van der Waals surface area (Å²) in [5, 5.41) is 61.0. The lowest BCUT2D eigenvalue weighted by Crippen LogP contribution is -2.12. The molecule has 0 fully saturated rings. The first-order valence-electron chi connectivity index (χ1n) is 27.7. The van der Waals surface area contributed by atoms with E-state index in [2.05, 4.69) is 56.4 Å². The van der Waals surface area contributed by atoms with Gasteiger partial charge in [0.25, 0.3) is 36.3 Å². The van der Waals surface area contributed by atoms with Crippen LogP contribution < -0.4 is 24.3 Å². The fourth-order valence-corrected chi connectivity index (χ4v) is 11.6. The minimum Gasteiger partial charge on any atom is -0.505 e. The predicted octanol–water partition coefficient (Wildman–Crippen LogP) is 15.3. The SMILES string of the molecule is COc1cc(N=Nc2ccc3cc(-n4nc5ccc6c(S(=O)(=O)O)cc(S(=O)(=O)O)cc6c5n4)ccc3c2O)c(OC)cc1N=Nc1ccc(N=Nc2ccc(N=Nc3ccc(C(=O)Nc4ccc5cccc(OCCCS(=O)(=O)O)c5c4)cc3OC)c(C)c2)c(C)c1. The number of aromatic hydroxyl groups is 1. The van der Waals surface area contributed by atoms with E-state index in [4.69, 9.17) is 23.5 Å². The number of phenolic OH excluding ortho intramolecular Hbond substituents is 1. The van der Waals surface area contributed by atoms with Crippen molar-refractivity contribution in [3.63, 3.8) is 0 Å². The van der Waals surface area contributed by atoms with E-state index in [0.717, 1.165) is 22.6 Å². The van der Waals surface area contributed by atoms with Crippen molar-refractivity contribution in [1.82, 2.24) is 15.0 Å². The molecule has 11 rings (SSSR count). The fraction of sp³-hybridized carbons (Fsp3) is 0.127. The Labute approximate surface area is 529 Å². The largest absolute Gasteiger partial charge is 0.505 e. The third-order valence-electron chi connectivity index (χ3n) is 14.4. The molecule has 11 aromatic rings. The highest BCUT2D eigenvalue weighted by molar-refractivity contribution is 7.87. The number of methoxy groups -OCH3 is 3. The van der Waals surface area contributed by atoms with Crippen LogP contribution in [0.3, 0.4) is 0 Å².